The van der Waals surface area contributed by atoms with E-state index >= 15 is 0 Å². The molecule has 0 spiro atoms. The van der Waals surface area contributed by atoms with E-state index in [9.17, 15) is 17.6 Å². The number of carbonyl (C=O) groups is 1. The molecule has 7 nitrogen and oxygen atoms in total. The monoisotopic (exact) mass is 422 g/mol. The van der Waals surface area contributed by atoms with Gasteiger partial charge >= 0.3 is 0 Å². The molecule has 0 radical (unpaired) electrons. The Balaban J connectivity index is 1.61. The third-order valence-corrected chi connectivity index (χ3v) is 6.49. The molecule has 2 aromatic carbocycles. The highest BCUT2D eigenvalue weighted by molar-refractivity contribution is 7.89. The molecular formula is C20H23FN2O5S. The van der Waals surface area contributed by atoms with E-state index in [1.165, 1.54) is 10.4 Å². The Morgan fingerprint density at radius 3 is 2.59 bits per heavy atom. The number of nitrogens with zero attached hydrogens (tertiary/aromatic N) is 1. The molecule has 1 heterocycles. The fourth-order valence-electron chi connectivity index (χ4n) is 3.04. The van der Waals surface area contributed by atoms with Gasteiger partial charge < -0.3 is 14.8 Å². The van der Waals surface area contributed by atoms with Crippen LogP contribution in [0.3, 0.4) is 0 Å². The summed E-state index contributed by atoms with van der Waals surface area (Å²) < 4.78 is 51.3. The van der Waals surface area contributed by atoms with Crippen molar-refractivity contribution in [2.45, 2.75) is 17.7 Å². The number of amides is 1. The lowest BCUT2D eigenvalue weighted by Crippen LogP contribution is -2.30. The number of nitrogens with one attached hydrogen (secondary N) is 1. The Morgan fingerprint density at radius 1 is 1.14 bits per heavy atom. The summed E-state index contributed by atoms with van der Waals surface area (Å²) in [5, 5.41) is 2.64. The predicted molar refractivity (Wildman–Crippen MR) is 105 cm³/mol. The van der Waals surface area contributed by atoms with Crippen molar-refractivity contribution >= 4 is 15.9 Å². The highest BCUT2D eigenvalue weighted by Gasteiger charge is 2.30. The van der Waals surface area contributed by atoms with Gasteiger partial charge in [-0.1, -0.05) is 6.07 Å². The lowest BCUT2D eigenvalue weighted by molar-refractivity contribution is 0.0946. The van der Waals surface area contributed by atoms with Gasteiger partial charge in [0.05, 0.1) is 13.7 Å². The molecule has 1 aliphatic heterocycles. The summed E-state index contributed by atoms with van der Waals surface area (Å²) in [5.74, 6) is -0.115. The zero-order valence-corrected chi connectivity index (χ0v) is 16.9. The van der Waals surface area contributed by atoms with E-state index in [0.717, 1.165) is 25.0 Å². The van der Waals surface area contributed by atoms with E-state index in [1.807, 2.05) is 0 Å². The van der Waals surface area contributed by atoms with E-state index in [-0.39, 0.29) is 18.7 Å². The smallest absolute Gasteiger partial charge is 0.251 e. The van der Waals surface area contributed by atoms with Crippen molar-refractivity contribution in [2.75, 3.05) is 33.4 Å². The second-order valence-electron chi connectivity index (χ2n) is 6.54. The van der Waals surface area contributed by atoms with Crippen LogP contribution in [0.2, 0.25) is 0 Å². The first-order valence-corrected chi connectivity index (χ1v) is 10.7. The average molecular weight is 422 g/mol. The van der Waals surface area contributed by atoms with E-state index < -0.39 is 26.6 Å². The predicted octanol–water partition coefficient (Wildman–Crippen LogP) is 2.43. The molecular weight excluding hydrogens is 399 g/mol. The Morgan fingerprint density at radius 2 is 1.86 bits per heavy atom. The van der Waals surface area contributed by atoms with Gasteiger partial charge in [0.1, 0.15) is 28.8 Å². The number of hydrogen-bond donors (Lipinski definition) is 1. The van der Waals surface area contributed by atoms with Crippen LogP contribution in [0.1, 0.15) is 23.2 Å². The Labute approximate surface area is 169 Å². The summed E-state index contributed by atoms with van der Waals surface area (Å²) in [6, 6.07) is 10.4. The lowest BCUT2D eigenvalue weighted by Gasteiger charge is -2.16. The van der Waals surface area contributed by atoms with Crippen LogP contribution < -0.4 is 14.8 Å². The molecule has 1 aliphatic rings. The van der Waals surface area contributed by atoms with E-state index in [0.29, 0.717) is 24.6 Å². The standard InChI is InChI=1S/C20H23FN2O5S/c1-27-16-5-4-6-17(14-16)28-12-9-22-20(24)15-7-8-18(21)19(13-15)29(25,26)23-10-2-3-11-23/h4-8,13-14H,2-3,9-12H2,1H3,(H,22,24). The maximum atomic E-state index is 14.2. The number of hydrogen-bond acceptors (Lipinski definition) is 5. The van der Waals surface area contributed by atoms with Gasteiger partial charge in [-0.3, -0.25) is 4.79 Å². The molecule has 156 valence electrons. The van der Waals surface area contributed by atoms with Crippen LogP contribution in [0.15, 0.2) is 47.4 Å². The number of carbonyl (C=O) groups excluding carboxylic acids is 1. The van der Waals surface area contributed by atoms with Crippen LogP contribution in [0.4, 0.5) is 4.39 Å². The zero-order chi connectivity index (χ0) is 20.9. The molecule has 0 aliphatic carbocycles. The average Bonchev–Trinajstić information content (AvgIpc) is 3.27. The number of halogens is 1. The number of ether oxygens (including phenoxy) is 2. The van der Waals surface area contributed by atoms with Crippen molar-refractivity contribution < 1.29 is 27.1 Å². The second kappa shape index (κ2) is 9.23. The van der Waals surface area contributed by atoms with Gasteiger partial charge in [-0.15, -0.1) is 0 Å². The van der Waals surface area contributed by atoms with E-state index in [2.05, 4.69) is 5.32 Å². The van der Waals surface area contributed by atoms with E-state index in [4.69, 9.17) is 9.47 Å². The van der Waals surface area contributed by atoms with E-state index in [1.54, 1.807) is 31.4 Å². The molecule has 29 heavy (non-hydrogen) atoms. The van der Waals surface area contributed by atoms with Gasteiger partial charge in [0.2, 0.25) is 10.0 Å². The molecule has 9 heteroatoms. The summed E-state index contributed by atoms with van der Waals surface area (Å²) >= 11 is 0. The van der Waals surface area contributed by atoms with Gasteiger partial charge in [0, 0.05) is 24.7 Å². The van der Waals surface area contributed by atoms with Gasteiger partial charge in [-0.05, 0) is 43.2 Å². The second-order valence-corrected chi connectivity index (χ2v) is 8.45. The van der Waals surface area contributed by atoms with Crippen molar-refractivity contribution in [3.8, 4) is 11.5 Å². The third kappa shape index (κ3) is 5.04. The van der Waals surface area contributed by atoms with Crippen LogP contribution in [0.5, 0.6) is 11.5 Å². The van der Waals surface area contributed by atoms with Gasteiger partial charge in [0.15, 0.2) is 0 Å². The fraction of sp³-hybridized carbons (Fsp3) is 0.350. The third-order valence-electron chi connectivity index (χ3n) is 4.57. The topological polar surface area (TPSA) is 84.9 Å². The lowest BCUT2D eigenvalue weighted by atomic mass is 10.2. The molecule has 0 saturated carbocycles. The number of sulfonamides is 1. The van der Waals surface area contributed by atoms with Crippen LogP contribution >= 0.6 is 0 Å². The first-order chi connectivity index (χ1) is 13.9. The number of benzene rings is 2. The summed E-state index contributed by atoms with van der Waals surface area (Å²) in [4.78, 5) is 11.9. The summed E-state index contributed by atoms with van der Waals surface area (Å²) in [7, 11) is -2.40. The van der Waals surface area contributed by atoms with Crippen molar-refractivity contribution in [3.05, 3.63) is 53.8 Å². The Hall–Kier alpha value is -2.65. The van der Waals surface area contributed by atoms with Crippen LogP contribution in [0.25, 0.3) is 0 Å². The molecule has 1 N–H and O–H groups in total. The van der Waals surface area contributed by atoms with Crippen LogP contribution in [0, 0.1) is 5.82 Å². The summed E-state index contributed by atoms with van der Waals surface area (Å²) in [6.07, 6.45) is 1.49. The Bertz CT molecular complexity index is 975. The minimum Gasteiger partial charge on any atom is -0.497 e. The first-order valence-electron chi connectivity index (χ1n) is 9.26. The molecule has 1 amide bonds. The molecule has 1 fully saturated rings. The number of rotatable bonds is 8. The molecule has 0 bridgehead atoms. The van der Waals surface area contributed by atoms with Gasteiger partial charge in [0.25, 0.3) is 5.91 Å². The van der Waals surface area contributed by atoms with Crippen molar-refractivity contribution in [3.63, 3.8) is 0 Å². The molecule has 0 atom stereocenters. The van der Waals surface area contributed by atoms with Gasteiger partial charge in [-0.2, -0.15) is 4.31 Å². The van der Waals surface area contributed by atoms with Crippen molar-refractivity contribution in [2.24, 2.45) is 0 Å². The molecule has 0 aromatic heterocycles. The Kier molecular flexibility index (Phi) is 6.71. The minimum absolute atomic E-state index is 0.0746. The van der Waals surface area contributed by atoms with Crippen LogP contribution in [-0.4, -0.2) is 52.0 Å². The van der Waals surface area contributed by atoms with Crippen molar-refractivity contribution in [1.29, 1.82) is 0 Å². The van der Waals surface area contributed by atoms with Gasteiger partial charge in [-0.25, -0.2) is 12.8 Å². The quantitative estimate of drug-likeness (QED) is 0.661. The normalized spacial score (nSPS) is 14.6. The minimum atomic E-state index is -3.95. The maximum absolute atomic E-state index is 14.2. The molecule has 0 unspecified atom stereocenters. The number of methoxy groups -OCH3 is 1. The SMILES string of the molecule is COc1cccc(OCCNC(=O)c2ccc(F)c(S(=O)(=O)N3CCCC3)c2)c1. The zero-order valence-electron chi connectivity index (χ0n) is 16.1. The molecule has 1 saturated heterocycles. The van der Waals surface area contributed by atoms with Crippen LogP contribution in [-0.2, 0) is 10.0 Å². The maximum Gasteiger partial charge on any atom is 0.251 e. The molecule has 3 rings (SSSR count). The first kappa shape index (κ1) is 21.1. The fourth-order valence-corrected chi connectivity index (χ4v) is 4.64. The molecule has 2 aromatic rings. The highest BCUT2D eigenvalue weighted by atomic mass is 32.2. The summed E-state index contributed by atoms with van der Waals surface area (Å²) in [6.45, 7) is 1.13. The summed E-state index contributed by atoms with van der Waals surface area (Å²) in [5.41, 5.74) is 0.0746. The van der Waals surface area contributed by atoms with Crippen molar-refractivity contribution in [1.82, 2.24) is 9.62 Å². The largest absolute Gasteiger partial charge is 0.497 e. The highest BCUT2D eigenvalue weighted by Crippen LogP contribution is 2.24.